The standard InChI is InChI=1S/C25H21Cl2NO5S/c1-4-33-15-6-7-17(26)16(12-15)22(29)20-21(24-13(2)9-10-34-24)28(25(31)23(20)30)14-5-8-19(32-3)18(27)11-14/h5-12,21,29H,4H2,1-3H3/b22-20-. The Morgan fingerprint density at radius 2 is 1.88 bits per heavy atom. The van der Waals surface area contributed by atoms with E-state index in [9.17, 15) is 14.7 Å². The van der Waals surface area contributed by atoms with Gasteiger partial charge >= 0.3 is 0 Å². The largest absolute Gasteiger partial charge is 0.507 e. The minimum atomic E-state index is -0.865. The highest BCUT2D eigenvalue weighted by Gasteiger charge is 2.48. The van der Waals surface area contributed by atoms with E-state index in [-0.39, 0.29) is 26.9 Å². The molecule has 9 heteroatoms. The van der Waals surface area contributed by atoms with Crippen molar-refractivity contribution in [3.8, 4) is 11.5 Å². The monoisotopic (exact) mass is 517 g/mol. The quantitative estimate of drug-likeness (QED) is 0.232. The van der Waals surface area contributed by atoms with Crippen LogP contribution in [-0.2, 0) is 9.59 Å². The van der Waals surface area contributed by atoms with Crippen molar-refractivity contribution >= 4 is 57.7 Å². The van der Waals surface area contributed by atoms with Gasteiger partial charge in [0.05, 0.1) is 29.3 Å². The first-order valence-electron chi connectivity index (χ1n) is 10.4. The SMILES string of the molecule is CCOc1ccc(Cl)c(/C(O)=C2/C(=O)C(=O)N(c3ccc(OC)c(Cl)c3)C2c2sccc2C)c1. The van der Waals surface area contributed by atoms with Gasteiger partial charge in [-0.1, -0.05) is 23.2 Å². The van der Waals surface area contributed by atoms with E-state index >= 15 is 0 Å². The molecule has 0 radical (unpaired) electrons. The summed E-state index contributed by atoms with van der Waals surface area (Å²) in [5.41, 5.74) is 1.43. The number of amides is 1. The molecule has 3 aromatic rings. The number of methoxy groups -OCH3 is 1. The molecule has 4 rings (SSSR count). The number of Topliss-reactive ketones (excluding diaryl/α,β-unsaturated/α-hetero) is 1. The lowest BCUT2D eigenvalue weighted by Gasteiger charge is -2.25. The first-order chi connectivity index (χ1) is 16.3. The van der Waals surface area contributed by atoms with Gasteiger partial charge < -0.3 is 14.6 Å². The summed E-state index contributed by atoms with van der Waals surface area (Å²) < 4.78 is 10.7. The number of halogens is 2. The molecule has 1 saturated heterocycles. The van der Waals surface area contributed by atoms with E-state index in [1.165, 1.54) is 23.3 Å². The number of aryl methyl sites for hydroxylation is 1. The maximum absolute atomic E-state index is 13.3. The number of hydrogen-bond donors (Lipinski definition) is 1. The second-order valence-electron chi connectivity index (χ2n) is 7.53. The summed E-state index contributed by atoms with van der Waals surface area (Å²) in [6, 6.07) is 10.7. The molecule has 0 saturated carbocycles. The second-order valence-corrected chi connectivity index (χ2v) is 9.29. The summed E-state index contributed by atoms with van der Waals surface area (Å²) in [5.74, 6) is -1.05. The van der Waals surface area contributed by atoms with Crippen LogP contribution in [0.25, 0.3) is 5.76 Å². The minimum Gasteiger partial charge on any atom is -0.507 e. The molecule has 1 fully saturated rings. The van der Waals surface area contributed by atoms with Crippen molar-refractivity contribution in [2.75, 3.05) is 18.6 Å². The number of nitrogens with zero attached hydrogens (tertiary/aromatic N) is 1. The van der Waals surface area contributed by atoms with Gasteiger partial charge in [0, 0.05) is 16.1 Å². The number of aliphatic hydroxyl groups excluding tert-OH is 1. The van der Waals surface area contributed by atoms with Crippen molar-refractivity contribution in [3.63, 3.8) is 0 Å². The van der Waals surface area contributed by atoms with E-state index in [0.717, 1.165) is 10.4 Å². The van der Waals surface area contributed by atoms with Crippen LogP contribution in [-0.4, -0.2) is 30.5 Å². The Bertz CT molecular complexity index is 1320. The van der Waals surface area contributed by atoms with Gasteiger partial charge in [-0.2, -0.15) is 0 Å². The van der Waals surface area contributed by atoms with Gasteiger partial charge in [-0.25, -0.2) is 0 Å². The van der Waals surface area contributed by atoms with Gasteiger partial charge in [-0.3, -0.25) is 14.5 Å². The summed E-state index contributed by atoms with van der Waals surface area (Å²) in [5, 5.41) is 13.7. The van der Waals surface area contributed by atoms with E-state index in [0.29, 0.717) is 23.8 Å². The molecule has 1 unspecified atom stereocenters. The summed E-state index contributed by atoms with van der Waals surface area (Å²) >= 11 is 14.1. The third-order valence-electron chi connectivity index (χ3n) is 5.51. The van der Waals surface area contributed by atoms with Crippen LogP contribution in [0.4, 0.5) is 5.69 Å². The van der Waals surface area contributed by atoms with Crippen molar-refractivity contribution < 1.29 is 24.2 Å². The van der Waals surface area contributed by atoms with Gasteiger partial charge in [0.1, 0.15) is 23.3 Å². The molecule has 0 spiro atoms. The van der Waals surface area contributed by atoms with Gasteiger partial charge in [-0.15, -0.1) is 11.3 Å². The fraction of sp³-hybridized carbons (Fsp3) is 0.200. The van der Waals surface area contributed by atoms with Crippen LogP contribution in [0.2, 0.25) is 10.0 Å². The third-order valence-corrected chi connectivity index (χ3v) is 7.21. The maximum Gasteiger partial charge on any atom is 0.300 e. The highest BCUT2D eigenvalue weighted by atomic mass is 35.5. The molecule has 1 aromatic heterocycles. The van der Waals surface area contributed by atoms with Gasteiger partial charge in [0.25, 0.3) is 11.7 Å². The Morgan fingerprint density at radius 1 is 1.12 bits per heavy atom. The van der Waals surface area contributed by atoms with Crippen molar-refractivity contribution in [1.82, 2.24) is 0 Å². The molecule has 0 bridgehead atoms. The fourth-order valence-electron chi connectivity index (χ4n) is 3.90. The minimum absolute atomic E-state index is 0.0574. The number of ether oxygens (including phenoxy) is 2. The third kappa shape index (κ3) is 4.15. The molecule has 1 amide bonds. The van der Waals surface area contributed by atoms with Crippen molar-refractivity contribution in [3.05, 3.63) is 79.5 Å². The van der Waals surface area contributed by atoms with Crippen LogP contribution in [0.3, 0.4) is 0 Å². The lowest BCUT2D eigenvalue weighted by Crippen LogP contribution is -2.29. The zero-order valence-corrected chi connectivity index (χ0v) is 20.9. The number of hydrogen-bond acceptors (Lipinski definition) is 6. The van der Waals surface area contributed by atoms with Crippen LogP contribution < -0.4 is 14.4 Å². The summed E-state index contributed by atoms with van der Waals surface area (Å²) in [6.45, 7) is 4.13. The average molecular weight is 518 g/mol. The lowest BCUT2D eigenvalue weighted by atomic mass is 9.98. The predicted octanol–water partition coefficient (Wildman–Crippen LogP) is 6.40. The molecule has 1 aliphatic heterocycles. The van der Waals surface area contributed by atoms with Crippen LogP contribution in [0.1, 0.15) is 29.0 Å². The number of ketones is 1. The number of anilines is 1. The zero-order valence-electron chi connectivity index (χ0n) is 18.6. The van der Waals surface area contributed by atoms with Gasteiger partial charge in [-0.05, 0) is 67.3 Å². The molecule has 1 N–H and O–H groups in total. The van der Waals surface area contributed by atoms with Crippen LogP contribution in [0.15, 0.2) is 53.4 Å². The second kappa shape index (κ2) is 9.70. The fourth-order valence-corrected chi connectivity index (χ4v) is 5.39. The molecule has 0 aliphatic carbocycles. The smallest absolute Gasteiger partial charge is 0.300 e. The Morgan fingerprint density at radius 3 is 2.50 bits per heavy atom. The number of benzene rings is 2. The van der Waals surface area contributed by atoms with Crippen molar-refractivity contribution in [1.29, 1.82) is 0 Å². The first kappa shape index (κ1) is 24.1. The molecule has 6 nitrogen and oxygen atoms in total. The number of thiophene rings is 1. The Balaban J connectivity index is 1.95. The van der Waals surface area contributed by atoms with E-state index < -0.39 is 17.7 Å². The van der Waals surface area contributed by atoms with E-state index in [1.54, 1.807) is 36.4 Å². The van der Waals surface area contributed by atoms with Crippen molar-refractivity contribution in [2.45, 2.75) is 19.9 Å². The molecule has 34 heavy (non-hydrogen) atoms. The Hall–Kier alpha value is -3.00. The molecular weight excluding hydrogens is 497 g/mol. The van der Waals surface area contributed by atoms with Crippen LogP contribution in [0.5, 0.6) is 11.5 Å². The predicted molar refractivity (Wildman–Crippen MR) is 134 cm³/mol. The molecule has 1 atom stereocenters. The molecular formula is C25H21Cl2NO5S. The van der Waals surface area contributed by atoms with E-state index in [4.69, 9.17) is 32.7 Å². The van der Waals surface area contributed by atoms with Crippen LogP contribution >= 0.6 is 34.5 Å². The summed E-state index contributed by atoms with van der Waals surface area (Å²) in [4.78, 5) is 28.7. The molecule has 1 aliphatic rings. The topological polar surface area (TPSA) is 76.1 Å². The van der Waals surface area contributed by atoms with Gasteiger partial charge in [0.2, 0.25) is 0 Å². The van der Waals surface area contributed by atoms with E-state index in [2.05, 4.69) is 0 Å². The Labute approximate surface area is 210 Å². The number of rotatable bonds is 6. The molecule has 176 valence electrons. The summed E-state index contributed by atoms with van der Waals surface area (Å²) in [7, 11) is 1.49. The highest BCUT2D eigenvalue weighted by Crippen LogP contribution is 2.46. The first-order valence-corrected chi connectivity index (χ1v) is 12.0. The highest BCUT2D eigenvalue weighted by molar-refractivity contribution is 7.10. The summed E-state index contributed by atoms with van der Waals surface area (Å²) in [6.07, 6.45) is 0. The maximum atomic E-state index is 13.3. The number of carbonyl (C=O) groups is 2. The normalized spacial score (nSPS) is 17.3. The zero-order chi connectivity index (χ0) is 24.6. The number of aliphatic hydroxyl groups is 1. The molecule has 2 heterocycles. The van der Waals surface area contributed by atoms with Gasteiger partial charge in [0.15, 0.2) is 0 Å². The van der Waals surface area contributed by atoms with Crippen molar-refractivity contribution in [2.24, 2.45) is 0 Å². The van der Waals surface area contributed by atoms with E-state index in [1.807, 2.05) is 25.3 Å². The average Bonchev–Trinajstić information content (AvgIpc) is 3.35. The lowest BCUT2D eigenvalue weighted by molar-refractivity contribution is -0.132. The number of carbonyl (C=O) groups excluding carboxylic acids is 2. The Kier molecular flexibility index (Phi) is 6.89. The molecule has 2 aromatic carbocycles. The van der Waals surface area contributed by atoms with Crippen LogP contribution in [0, 0.1) is 6.92 Å².